The van der Waals surface area contributed by atoms with E-state index in [0.717, 1.165) is 16.7 Å². The highest BCUT2D eigenvalue weighted by molar-refractivity contribution is 5.62. The molecule has 4 aromatic heterocycles. The zero-order chi connectivity index (χ0) is 28.3. The summed E-state index contributed by atoms with van der Waals surface area (Å²) in [7, 11) is 0. The summed E-state index contributed by atoms with van der Waals surface area (Å²) < 4.78 is 17.2. The molecule has 0 saturated carbocycles. The molecule has 0 bridgehead atoms. The molecule has 6 aromatic rings. The third kappa shape index (κ3) is 5.28. The number of imidazole rings is 2. The van der Waals surface area contributed by atoms with Crippen molar-refractivity contribution in [1.82, 2.24) is 29.1 Å². The molecule has 0 aliphatic heterocycles. The first-order chi connectivity index (χ1) is 19.9. The third-order valence-corrected chi connectivity index (χ3v) is 7.22. The van der Waals surface area contributed by atoms with Gasteiger partial charge in [0.05, 0.1) is 37.1 Å². The van der Waals surface area contributed by atoms with Gasteiger partial charge in [0.15, 0.2) is 0 Å². The largest absolute Gasteiger partial charge is 0.377 e. The number of aliphatic hydroxyl groups is 2. The fraction of sp³-hybridized carbons (Fsp3) is 0.125. The van der Waals surface area contributed by atoms with Gasteiger partial charge in [-0.1, -0.05) is 54.6 Å². The van der Waals surface area contributed by atoms with Crippen LogP contribution in [-0.2, 0) is 24.3 Å². The summed E-state index contributed by atoms with van der Waals surface area (Å²) in [5.74, 6) is -0.387. The monoisotopic (exact) mass is 546 g/mol. The molecule has 6 rings (SSSR count). The van der Waals surface area contributed by atoms with E-state index in [9.17, 15) is 14.6 Å². The quantitative estimate of drug-likeness (QED) is 0.276. The predicted octanol–water partition coefficient (Wildman–Crippen LogP) is 4.55. The van der Waals surface area contributed by atoms with Crippen LogP contribution < -0.4 is 0 Å². The van der Waals surface area contributed by atoms with E-state index in [0.29, 0.717) is 17.0 Å². The molecule has 0 aliphatic rings. The van der Waals surface area contributed by atoms with Gasteiger partial charge in [-0.05, 0) is 35.4 Å². The normalized spacial score (nSPS) is 14.3. The lowest BCUT2D eigenvalue weighted by Crippen LogP contribution is -2.33. The number of rotatable bonds is 9. The molecule has 2 atom stereocenters. The minimum Gasteiger partial charge on any atom is -0.377 e. The molecule has 41 heavy (non-hydrogen) atoms. The van der Waals surface area contributed by atoms with Crippen LogP contribution in [0.4, 0.5) is 4.39 Å². The Hall–Kier alpha value is -4.99. The van der Waals surface area contributed by atoms with Crippen LogP contribution in [0.5, 0.6) is 0 Å². The molecule has 4 heterocycles. The molecular formula is C32H27FN6O2. The third-order valence-electron chi connectivity index (χ3n) is 7.22. The summed E-state index contributed by atoms with van der Waals surface area (Å²) >= 11 is 0. The van der Waals surface area contributed by atoms with Gasteiger partial charge in [-0.2, -0.15) is 0 Å². The van der Waals surface area contributed by atoms with E-state index in [2.05, 4.69) is 19.9 Å². The van der Waals surface area contributed by atoms with Crippen LogP contribution >= 0.6 is 0 Å². The van der Waals surface area contributed by atoms with Crippen molar-refractivity contribution in [1.29, 1.82) is 0 Å². The van der Waals surface area contributed by atoms with Gasteiger partial charge < -0.3 is 19.3 Å². The van der Waals surface area contributed by atoms with Crippen LogP contribution in [0.25, 0.3) is 11.1 Å². The zero-order valence-corrected chi connectivity index (χ0v) is 22.0. The summed E-state index contributed by atoms with van der Waals surface area (Å²) in [6.07, 6.45) is 13.5. The minimum atomic E-state index is -1.52. The summed E-state index contributed by atoms with van der Waals surface area (Å²) in [4.78, 5) is 17.4. The van der Waals surface area contributed by atoms with Gasteiger partial charge in [-0.3, -0.25) is 9.97 Å². The van der Waals surface area contributed by atoms with Crippen molar-refractivity contribution in [2.75, 3.05) is 0 Å². The summed E-state index contributed by atoms with van der Waals surface area (Å²) in [6.45, 7) is 0.398. The number of pyridine rings is 2. The molecule has 2 aromatic carbocycles. The van der Waals surface area contributed by atoms with Gasteiger partial charge in [0, 0.05) is 48.3 Å². The molecule has 0 fully saturated rings. The number of hydrogen-bond donors (Lipinski definition) is 2. The fourth-order valence-corrected chi connectivity index (χ4v) is 4.99. The Balaban J connectivity index is 1.31. The summed E-state index contributed by atoms with van der Waals surface area (Å²) in [5, 5.41) is 23.7. The first-order valence-electron chi connectivity index (χ1n) is 13.1. The van der Waals surface area contributed by atoms with Crippen LogP contribution in [0.1, 0.15) is 22.5 Å². The highest BCUT2D eigenvalue weighted by atomic mass is 19.1. The maximum atomic E-state index is 13.6. The van der Waals surface area contributed by atoms with Crippen LogP contribution in [-0.4, -0.2) is 39.3 Å². The van der Waals surface area contributed by atoms with Gasteiger partial charge in [-0.15, -0.1) is 0 Å². The average molecular weight is 547 g/mol. The first-order valence-corrected chi connectivity index (χ1v) is 13.1. The fourth-order valence-electron chi connectivity index (χ4n) is 4.99. The molecular weight excluding hydrogens is 519 g/mol. The van der Waals surface area contributed by atoms with E-state index in [-0.39, 0.29) is 18.9 Å². The second kappa shape index (κ2) is 10.9. The van der Waals surface area contributed by atoms with Gasteiger partial charge in [0.1, 0.15) is 17.0 Å². The molecule has 0 amide bonds. The maximum absolute atomic E-state index is 13.6. The molecule has 0 aliphatic carbocycles. The zero-order valence-electron chi connectivity index (χ0n) is 22.0. The highest BCUT2D eigenvalue weighted by Crippen LogP contribution is 2.33. The van der Waals surface area contributed by atoms with Crippen molar-refractivity contribution in [2.24, 2.45) is 0 Å². The van der Waals surface area contributed by atoms with Crippen molar-refractivity contribution in [3.63, 3.8) is 0 Å². The van der Waals surface area contributed by atoms with E-state index in [4.69, 9.17) is 0 Å². The van der Waals surface area contributed by atoms with Crippen molar-refractivity contribution < 1.29 is 14.6 Å². The van der Waals surface area contributed by atoms with Crippen LogP contribution in [0.15, 0.2) is 129 Å². The lowest BCUT2D eigenvalue weighted by Gasteiger charge is -2.29. The van der Waals surface area contributed by atoms with E-state index >= 15 is 0 Å². The highest BCUT2D eigenvalue weighted by Gasteiger charge is 2.35. The van der Waals surface area contributed by atoms with Crippen molar-refractivity contribution in [3.05, 3.63) is 157 Å². The Labute approximate surface area is 236 Å². The predicted molar refractivity (Wildman–Crippen MR) is 151 cm³/mol. The smallest absolute Gasteiger partial charge is 0.149 e. The van der Waals surface area contributed by atoms with Crippen LogP contribution in [0, 0.1) is 5.82 Å². The van der Waals surface area contributed by atoms with Gasteiger partial charge in [0.25, 0.3) is 0 Å². The standard InChI is InChI=1S/C32H27FN6O2/c33-28-10-8-27(9-11-28)32(41,21-39-17-15-35-23-39)30-13-7-25(19-37-30)24-6-12-29(36-18-24)31(40,20-38-16-14-34-22-38)26-4-2-1-3-5-26/h1-19,22-23,40-41H,20-21H2. The Morgan fingerprint density at radius 2 is 1.10 bits per heavy atom. The summed E-state index contributed by atoms with van der Waals surface area (Å²) in [5.41, 5.74) is 0.827. The van der Waals surface area contributed by atoms with Gasteiger partial charge >= 0.3 is 0 Å². The molecule has 8 nitrogen and oxygen atoms in total. The van der Waals surface area contributed by atoms with Crippen molar-refractivity contribution >= 4 is 0 Å². The average Bonchev–Trinajstić information content (AvgIpc) is 3.73. The molecule has 0 spiro atoms. The Morgan fingerprint density at radius 1 is 0.610 bits per heavy atom. The number of hydrogen-bond acceptors (Lipinski definition) is 6. The Kier molecular flexibility index (Phi) is 6.96. The molecule has 9 heteroatoms. The molecule has 204 valence electrons. The molecule has 0 radical (unpaired) electrons. The van der Waals surface area contributed by atoms with Crippen molar-refractivity contribution in [3.8, 4) is 11.1 Å². The lowest BCUT2D eigenvalue weighted by atomic mass is 9.88. The Morgan fingerprint density at radius 3 is 1.51 bits per heavy atom. The van der Waals surface area contributed by atoms with E-state index in [1.165, 1.54) is 12.1 Å². The second-order valence-corrected chi connectivity index (χ2v) is 9.93. The number of aromatic nitrogens is 6. The van der Waals surface area contributed by atoms with Gasteiger partial charge in [0.2, 0.25) is 0 Å². The van der Waals surface area contributed by atoms with Crippen molar-refractivity contribution in [2.45, 2.75) is 24.3 Å². The maximum Gasteiger partial charge on any atom is 0.149 e. The topological polar surface area (TPSA) is 102 Å². The van der Waals surface area contributed by atoms with E-state index < -0.39 is 11.2 Å². The van der Waals surface area contributed by atoms with E-state index in [1.54, 1.807) is 78.7 Å². The first kappa shape index (κ1) is 26.2. The molecule has 2 N–H and O–H groups in total. The SMILES string of the molecule is OC(Cn1ccnc1)(c1ccccc1)c1ccc(-c2ccc(C(O)(Cn3ccnc3)c3ccc(F)cc3)nc2)cn1. The summed E-state index contributed by atoms with van der Waals surface area (Å²) in [6, 6.07) is 22.5. The molecule has 2 unspecified atom stereocenters. The minimum absolute atomic E-state index is 0.149. The van der Waals surface area contributed by atoms with Gasteiger partial charge in [-0.25, -0.2) is 14.4 Å². The van der Waals surface area contributed by atoms with Crippen LogP contribution in [0.3, 0.4) is 0 Å². The van der Waals surface area contributed by atoms with Crippen LogP contribution in [0.2, 0.25) is 0 Å². The lowest BCUT2D eigenvalue weighted by molar-refractivity contribution is 0.0564. The number of nitrogens with zero attached hydrogens (tertiary/aromatic N) is 6. The number of benzene rings is 2. The number of halogens is 1. The second-order valence-electron chi connectivity index (χ2n) is 9.93. The Bertz CT molecular complexity index is 1690. The molecule has 0 saturated heterocycles. The van der Waals surface area contributed by atoms with E-state index in [1.807, 2.05) is 47.0 Å².